The molecule has 0 unspecified atom stereocenters. The summed E-state index contributed by atoms with van der Waals surface area (Å²) in [5.41, 5.74) is 3.42. The number of hydrogen-bond donors (Lipinski definition) is 3. The molecular formula is C30H46FN9. The van der Waals surface area contributed by atoms with Crippen LogP contribution in [0.15, 0.2) is 30.6 Å². The van der Waals surface area contributed by atoms with Crippen LogP contribution >= 0.6 is 0 Å². The molecule has 1 aromatic heterocycles. The molecule has 10 heteroatoms. The SMILES string of the molecule is Cc1cnc(Nc2ccc(N3CCC(N(C)CCN4CCN(C)CC4)CC3)c(F)c2)nc1/C(C=N)=C/NC(C)C. The van der Waals surface area contributed by atoms with Gasteiger partial charge in [0.05, 0.1) is 11.4 Å². The average molecular weight is 552 g/mol. The van der Waals surface area contributed by atoms with Gasteiger partial charge >= 0.3 is 0 Å². The number of nitrogens with one attached hydrogen (secondary N) is 3. The second kappa shape index (κ2) is 14.0. The average Bonchev–Trinajstić information content (AvgIpc) is 2.94. The zero-order valence-electron chi connectivity index (χ0n) is 24.8. The van der Waals surface area contributed by atoms with Crippen molar-refractivity contribution >= 4 is 29.1 Å². The predicted octanol–water partition coefficient (Wildman–Crippen LogP) is 3.80. The number of aryl methyl sites for hydroxylation is 1. The van der Waals surface area contributed by atoms with E-state index in [0.717, 1.165) is 70.8 Å². The van der Waals surface area contributed by atoms with Crippen molar-refractivity contribution in [1.29, 1.82) is 5.41 Å². The van der Waals surface area contributed by atoms with E-state index >= 15 is 4.39 Å². The zero-order chi connectivity index (χ0) is 28.6. The first-order valence-corrected chi connectivity index (χ1v) is 14.5. The molecule has 1 aromatic carbocycles. The number of rotatable bonds is 11. The van der Waals surface area contributed by atoms with Crippen molar-refractivity contribution in [2.75, 3.05) is 76.7 Å². The monoisotopic (exact) mass is 551 g/mol. The number of benzene rings is 1. The van der Waals surface area contributed by atoms with Crippen LogP contribution in [0.1, 0.15) is 37.9 Å². The summed E-state index contributed by atoms with van der Waals surface area (Å²) < 4.78 is 15.3. The first-order chi connectivity index (χ1) is 19.2. The van der Waals surface area contributed by atoms with Crippen LogP contribution in [-0.2, 0) is 0 Å². The van der Waals surface area contributed by atoms with Crippen LogP contribution in [0.25, 0.3) is 5.57 Å². The van der Waals surface area contributed by atoms with Crippen LogP contribution in [0.5, 0.6) is 0 Å². The van der Waals surface area contributed by atoms with Gasteiger partial charge in [0.1, 0.15) is 5.82 Å². The lowest BCUT2D eigenvalue weighted by Crippen LogP contribution is -2.49. The second-order valence-electron chi connectivity index (χ2n) is 11.4. The van der Waals surface area contributed by atoms with Crippen molar-refractivity contribution in [2.24, 2.45) is 0 Å². The van der Waals surface area contributed by atoms with Crippen LogP contribution in [0.3, 0.4) is 0 Å². The Balaban J connectivity index is 1.32. The Hall–Kier alpha value is -3.08. The molecule has 2 fully saturated rings. The van der Waals surface area contributed by atoms with E-state index in [1.807, 2.05) is 32.9 Å². The zero-order valence-corrected chi connectivity index (χ0v) is 24.8. The number of piperidine rings is 1. The number of aromatic nitrogens is 2. The molecule has 2 saturated heterocycles. The molecule has 2 aliphatic rings. The summed E-state index contributed by atoms with van der Waals surface area (Å²) in [6.07, 6.45) is 6.85. The maximum atomic E-state index is 15.3. The van der Waals surface area contributed by atoms with Crippen LogP contribution in [0.4, 0.5) is 21.7 Å². The number of anilines is 3. The third kappa shape index (κ3) is 7.99. The van der Waals surface area contributed by atoms with E-state index in [1.165, 1.54) is 12.3 Å². The van der Waals surface area contributed by atoms with Crippen molar-refractivity contribution in [2.45, 2.75) is 45.7 Å². The molecule has 3 N–H and O–H groups in total. The van der Waals surface area contributed by atoms with Gasteiger partial charge in [0.25, 0.3) is 0 Å². The molecule has 0 amide bonds. The predicted molar refractivity (Wildman–Crippen MR) is 163 cm³/mol. The van der Waals surface area contributed by atoms with Crippen LogP contribution in [0.2, 0.25) is 0 Å². The lowest BCUT2D eigenvalue weighted by atomic mass is 10.0. The van der Waals surface area contributed by atoms with E-state index in [2.05, 4.69) is 54.3 Å². The third-order valence-corrected chi connectivity index (χ3v) is 7.97. The minimum absolute atomic E-state index is 0.245. The van der Waals surface area contributed by atoms with Gasteiger partial charge in [-0.1, -0.05) is 0 Å². The smallest absolute Gasteiger partial charge is 0.227 e. The van der Waals surface area contributed by atoms with E-state index in [0.29, 0.717) is 34.6 Å². The summed E-state index contributed by atoms with van der Waals surface area (Å²) in [7, 11) is 4.43. The van der Waals surface area contributed by atoms with E-state index in [1.54, 1.807) is 12.4 Å². The molecule has 2 aromatic rings. The lowest BCUT2D eigenvalue weighted by molar-refractivity contribution is 0.125. The number of piperazine rings is 1. The summed E-state index contributed by atoms with van der Waals surface area (Å²) in [5, 5.41) is 14.2. The Morgan fingerprint density at radius 2 is 1.90 bits per heavy atom. The molecule has 0 saturated carbocycles. The quantitative estimate of drug-likeness (QED) is 0.364. The van der Waals surface area contributed by atoms with Gasteiger partial charge in [-0.05, 0) is 71.5 Å². The second-order valence-corrected chi connectivity index (χ2v) is 11.4. The number of likely N-dealkylation sites (N-methyl/N-ethyl adjacent to an activating group) is 2. The Bertz CT molecular complexity index is 1150. The standard InChI is InChI=1S/C30H46FN9/c1-22(2)33-21-24(19-32)29-23(3)20-34-30(36-29)35-25-6-7-28(27(31)18-25)40-10-8-26(9-11-40)38(5)14-17-39-15-12-37(4)13-16-39/h6-7,18-22,26,32-33H,8-17H2,1-5H3,(H,34,35,36)/b24-21+,32-19?. The van der Waals surface area contributed by atoms with Gasteiger partial charge in [0.2, 0.25) is 5.95 Å². The van der Waals surface area contributed by atoms with Crippen LogP contribution < -0.4 is 15.5 Å². The molecule has 3 heterocycles. The van der Waals surface area contributed by atoms with Crippen LogP contribution in [0, 0.1) is 18.2 Å². The maximum absolute atomic E-state index is 15.3. The number of nitrogens with zero attached hydrogens (tertiary/aromatic N) is 6. The fourth-order valence-corrected chi connectivity index (χ4v) is 5.30. The Morgan fingerprint density at radius 1 is 1.18 bits per heavy atom. The highest BCUT2D eigenvalue weighted by Crippen LogP contribution is 2.28. The van der Waals surface area contributed by atoms with Crippen molar-refractivity contribution in [1.82, 2.24) is 30.0 Å². The molecule has 2 aliphatic heterocycles. The summed E-state index contributed by atoms with van der Waals surface area (Å²) in [6, 6.07) is 6.02. The minimum Gasteiger partial charge on any atom is -0.388 e. The molecule has 0 atom stereocenters. The Morgan fingerprint density at radius 3 is 2.55 bits per heavy atom. The van der Waals surface area contributed by atoms with E-state index in [9.17, 15) is 0 Å². The minimum atomic E-state index is -0.250. The van der Waals surface area contributed by atoms with Gasteiger partial charge in [-0.3, -0.25) is 4.90 Å². The molecule has 0 radical (unpaired) electrons. The molecule has 4 rings (SSSR count). The van der Waals surface area contributed by atoms with E-state index in [4.69, 9.17) is 5.41 Å². The van der Waals surface area contributed by atoms with Crippen molar-refractivity contribution < 1.29 is 4.39 Å². The van der Waals surface area contributed by atoms with Crippen molar-refractivity contribution in [3.63, 3.8) is 0 Å². The molecule has 0 spiro atoms. The van der Waals surface area contributed by atoms with E-state index in [-0.39, 0.29) is 11.9 Å². The van der Waals surface area contributed by atoms with Gasteiger partial charge in [-0.15, -0.1) is 0 Å². The maximum Gasteiger partial charge on any atom is 0.227 e. The van der Waals surface area contributed by atoms with Crippen molar-refractivity contribution in [3.8, 4) is 0 Å². The Labute approximate surface area is 239 Å². The van der Waals surface area contributed by atoms with Gasteiger partial charge in [0, 0.05) is 94.3 Å². The molecule has 0 aliphatic carbocycles. The fourth-order valence-electron chi connectivity index (χ4n) is 5.30. The van der Waals surface area contributed by atoms with Gasteiger partial charge in [-0.25, -0.2) is 14.4 Å². The molecular weight excluding hydrogens is 505 g/mol. The van der Waals surface area contributed by atoms with Gasteiger partial charge in [-0.2, -0.15) is 0 Å². The van der Waals surface area contributed by atoms with Gasteiger partial charge in [0.15, 0.2) is 0 Å². The summed E-state index contributed by atoms with van der Waals surface area (Å²) in [6.45, 7) is 14.5. The number of hydrogen-bond acceptors (Lipinski definition) is 9. The molecule has 218 valence electrons. The van der Waals surface area contributed by atoms with E-state index < -0.39 is 0 Å². The number of allylic oxidation sites excluding steroid dienone is 1. The topological polar surface area (TPSA) is 86.7 Å². The summed E-state index contributed by atoms with van der Waals surface area (Å²) in [5.74, 6) is 0.117. The molecule has 40 heavy (non-hydrogen) atoms. The normalized spacial score (nSPS) is 18.0. The highest BCUT2D eigenvalue weighted by Gasteiger charge is 2.25. The molecule has 9 nitrogen and oxygen atoms in total. The highest BCUT2D eigenvalue weighted by molar-refractivity contribution is 6.07. The first-order valence-electron chi connectivity index (χ1n) is 14.5. The summed E-state index contributed by atoms with van der Waals surface area (Å²) >= 11 is 0. The molecule has 0 bridgehead atoms. The number of halogens is 1. The first kappa shape index (κ1) is 29.9. The van der Waals surface area contributed by atoms with Crippen molar-refractivity contribution in [3.05, 3.63) is 47.7 Å². The van der Waals surface area contributed by atoms with Gasteiger partial charge < -0.3 is 30.7 Å². The highest BCUT2D eigenvalue weighted by atomic mass is 19.1. The lowest BCUT2D eigenvalue weighted by Gasteiger charge is -2.39. The van der Waals surface area contributed by atoms with Crippen LogP contribution in [-0.4, -0.2) is 109 Å². The summed E-state index contributed by atoms with van der Waals surface area (Å²) in [4.78, 5) is 18.6. The largest absolute Gasteiger partial charge is 0.388 e. The Kier molecular flexibility index (Phi) is 10.5. The fraction of sp³-hybridized carbons (Fsp3) is 0.567. The third-order valence-electron chi connectivity index (χ3n) is 7.97.